The highest BCUT2D eigenvalue weighted by Gasteiger charge is 2.26. The number of aryl methyl sites for hydroxylation is 1. The Labute approximate surface area is 175 Å². The molecule has 2 aliphatic carbocycles. The molecule has 5 rings (SSSR count). The molecule has 1 fully saturated rings. The monoisotopic (exact) mass is 399 g/mol. The third kappa shape index (κ3) is 3.88. The van der Waals surface area contributed by atoms with Crippen LogP contribution in [0.25, 0.3) is 10.9 Å². The quantitative estimate of drug-likeness (QED) is 0.521. The summed E-state index contributed by atoms with van der Waals surface area (Å²) in [6, 6.07) is 10.0. The highest BCUT2D eigenvalue weighted by atomic mass is 16.4. The van der Waals surface area contributed by atoms with Gasteiger partial charge in [-0.25, -0.2) is 9.78 Å². The molecule has 0 aliphatic heterocycles. The van der Waals surface area contributed by atoms with Crippen LogP contribution in [0.4, 0.5) is 11.5 Å². The first-order chi connectivity index (χ1) is 14.7. The van der Waals surface area contributed by atoms with Gasteiger partial charge in [-0.1, -0.05) is 24.3 Å². The number of hydrogen-bond donors (Lipinski definition) is 2. The van der Waals surface area contributed by atoms with Crippen LogP contribution >= 0.6 is 0 Å². The zero-order valence-corrected chi connectivity index (χ0v) is 16.8. The minimum absolute atomic E-state index is 0.228. The fourth-order valence-corrected chi connectivity index (χ4v) is 4.14. The van der Waals surface area contributed by atoms with E-state index in [1.54, 1.807) is 12.3 Å². The maximum atomic E-state index is 11.7. The van der Waals surface area contributed by atoms with Gasteiger partial charge >= 0.3 is 5.97 Å². The van der Waals surface area contributed by atoms with Crippen LogP contribution in [0.3, 0.4) is 0 Å². The lowest BCUT2D eigenvalue weighted by Gasteiger charge is -2.14. The van der Waals surface area contributed by atoms with Gasteiger partial charge in [-0.15, -0.1) is 0 Å². The lowest BCUT2D eigenvalue weighted by molar-refractivity contribution is 0.0697. The van der Waals surface area contributed by atoms with Crippen molar-refractivity contribution in [2.75, 3.05) is 5.32 Å². The maximum Gasteiger partial charge on any atom is 0.339 e. The van der Waals surface area contributed by atoms with Crippen LogP contribution in [0.15, 0.2) is 67.0 Å². The van der Waals surface area contributed by atoms with Gasteiger partial charge in [-0.2, -0.15) is 0 Å². The molecule has 5 heteroatoms. The largest absolute Gasteiger partial charge is 0.478 e. The third-order valence-electron chi connectivity index (χ3n) is 6.03. The first kappa shape index (κ1) is 18.7. The van der Waals surface area contributed by atoms with Crippen LogP contribution in [0.2, 0.25) is 0 Å². The highest BCUT2D eigenvalue weighted by Crippen LogP contribution is 2.40. The van der Waals surface area contributed by atoms with Crippen molar-refractivity contribution in [1.29, 1.82) is 0 Å². The Balaban J connectivity index is 1.34. The number of carbonyl (C=O) groups is 1. The van der Waals surface area contributed by atoms with E-state index in [1.165, 1.54) is 5.52 Å². The summed E-state index contributed by atoms with van der Waals surface area (Å²) in [5, 5.41) is 14.0. The Morgan fingerprint density at radius 1 is 1.20 bits per heavy atom. The molecule has 0 amide bonds. The van der Waals surface area contributed by atoms with Gasteiger partial charge < -0.3 is 15.0 Å². The van der Waals surface area contributed by atoms with Gasteiger partial charge in [-0.3, -0.25) is 0 Å². The summed E-state index contributed by atoms with van der Waals surface area (Å²) in [5.41, 5.74) is 3.28. The summed E-state index contributed by atoms with van der Waals surface area (Å²) in [5.74, 6) is 0.516. The van der Waals surface area contributed by atoms with Crippen LogP contribution in [0.1, 0.15) is 47.5 Å². The number of nitrogens with zero attached hydrogens (tertiary/aromatic N) is 2. The molecule has 2 heterocycles. The minimum atomic E-state index is -0.952. The number of anilines is 2. The normalized spacial score (nSPS) is 18.1. The molecule has 1 aromatic carbocycles. The number of rotatable bonds is 7. The van der Waals surface area contributed by atoms with Crippen molar-refractivity contribution in [1.82, 2.24) is 9.55 Å². The number of aromatic nitrogens is 2. The third-order valence-corrected chi connectivity index (χ3v) is 6.03. The number of allylic oxidation sites excluding steroid dienone is 4. The van der Waals surface area contributed by atoms with E-state index in [0.717, 1.165) is 48.9 Å². The lowest BCUT2D eigenvalue weighted by Crippen LogP contribution is -2.06. The molecule has 1 saturated carbocycles. The van der Waals surface area contributed by atoms with Gasteiger partial charge in [0.1, 0.15) is 11.4 Å². The van der Waals surface area contributed by atoms with Gasteiger partial charge in [-0.05, 0) is 73.4 Å². The van der Waals surface area contributed by atoms with Crippen LogP contribution in [-0.4, -0.2) is 20.6 Å². The van der Waals surface area contributed by atoms with E-state index in [-0.39, 0.29) is 5.56 Å². The molecule has 0 bridgehead atoms. The van der Waals surface area contributed by atoms with Crippen LogP contribution in [-0.2, 0) is 6.54 Å². The molecule has 0 radical (unpaired) electrons. The molecule has 2 aliphatic rings. The number of aromatic carboxylic acids is 1. The van der Waals surface area contributed by atoms with Gasteiger partial charge in [0.2, 0.25) is 0 Å². The smallest absolute Gasteiger partial charge is 0.339 e. The van der Waals surface area contributed by atoms with Crippen molar-refractivity contribution in [3.05, 3.63) is 78.2 Å². The standard InChI is InChI=1S/C25H25N3O2/c29-25(30)22-15-20(18-6-7-18)16-26-24(22)27-21-8-9-23-19(14-21)11-13-28(23)12-10-17-4-2-1-3-5-17/h1-4,8-9,11,13-18H,5-7,10,12H2,(H,26,27)(H,29,30). The fourth-order valence-electron chi connectivity index (χ4n) is 4.14. The Hall–Kier alpha value is -3.34. The van der Waals surface area contributed by atoms with E-state index in [1.807, 2.05) is 6.07 Å². The predicted octanol–water partition coefficient (Wildman–Crippen LogP) is 5.88. The Bertz CT molecular complexity index is 1150. The number of nitrogens with one attached hydrogen (secondary N) is 1. The van der Waals surface area contributed by atoms with E-state index >= 15 is 0 Å². The van der Waals surface area contributed by atoms with E-state index in [2.05, 4.69) is 63.6 Å². The van der Waals surface area contributed by atoms with Gasteiger partial charge in [0.25, 0.3) is 0 Å². The number of carboxylic acid groups (broad SMARTS) is 1. The Kier molecular flexibility index (Phi) is 4.87. The van der Waals surface area contributed by atoms with Crippen molar-refractivity contribution in [2.24, 2.45) is 5.92 Å². The number of fused-ring (bicyclic) bond motifs is 1. The number of hydrogen-bond acceptors (Lipinski definition) is 3. The van der Waals surface area contributed by atoms with Crippen molar-refractivity contribution in [3.63, 3.8) is 0 Å². The molecule has 2 aromatic heterocycles. The molecular weight excluding hydrogens is 374 g/mol. The second-order valence-electron chi connectivity index (χ2n) is 8.25. The number of carboxylic acids is 1. The second kappa shape index (κ2) is 7.82. The first-order valence-electron chi connectivity index (χ1n) is 10.6. The van der Waals surface area contributed by atoms with Crippen LogP contribution in [0, 0.1) is 5.92 Å². The Morgan fingerprint density at radius 2 is 2.10 bits per heavy atom. The Morgan fingerprint density at radius 3 is 2.87 bits per heavy atom. The maximum absolute atomic E-state index is 11.7. The zero-order chi connectivity index (χ0) is 20.5. The van der Waals surface area contributed by atoms with Gasteiger partial charge in [0.05, 0.1) is 0 Å². The summed E-state index contributed by atoms with van der Waals surface area (Å²) in [6.45, 7) is 0.979. The summed E-state index contributed by atoms with van der Waals surface area (Å²) < 4.78 is 2.29. The van der Waals surface area contributed by atoms with Gasteiger partial charge in [0.15, 0.2) is 0 Å². The van der Waals surface area contributed by atoms with Crippen LogP contribution in [0.5, 0.6) is 0 Å². The van der Waals surface area contributed by atoms with E-state index in [0.29, 0.717) is 17.7 Å². The highest BCUT2D eigenvalue weighted by molar-refractivity contribution is 5.94. The number of pyridine rings is 1. The molecule has 0 saturated heterocycles. The molecule has 3 aromatic rings. The summed E-state index contributed by atoms with van der Waals surface area (Å²) >= 11 is 0. The predicted molar refractivity (Wildman–Crippen MR) is 119 cm³/mol. The molecule has 0 spiro atoms. The number of benzene rings is 1. The zero-order valence-electron chi connectivity index (χ0n) is 16.8. The van der Waals surface area contributed by atoms with E-state index in [4.69, 9.17) is 0 Å². The fraction of sp³-hybridized carbons (Fsp3) is 0.280. The van der Waals surface area contributed by atoms with E-state index in [9.17, 15) is 9.90 Å². The molecule has 1 unspecified atom stereocenters. The molecular formula is C25H25N3O2. The molecule has 5 nitrogen and oxygen atoms in total. The van der Waals surface area contributed by atoms with Crippen molar-refractivity contribution in [2.45, 2.75) is 38.1 Å². The average molecular weight is 399 g/mol. The minimum Gasteiger partial charge on any atom is -0.478 e. The second-order valence-corrected chi connectivity index (χ2v) is 8.25. The first-order valence-corrected chi connectivity index (χ1v) is 10.6. The van der Waals surface area contributed by atoms with Crippen molar-refractivity contribution in [3.8, 4) is 0 Å². The molecule has 30 heavy (non-hydrogen) atoms. The van der Waals surface area contributed by atoms with Gasteiger partial charge in [0, 0.05) is 35.5 Å². The van der Waals surface area contributed by atoms with Crippen molar-refractivity contribution < 1.29 is 9.90 Å². The van der Waals surface area contributed by atoms with Crippen LogP contribution < -0.4 is 5.32 Å². The molecule has 152 valence electrons. The summed E-state index contributed by atoms with van der Waals surface area (Å²) in [6.07, 6.45) is 17.2. The lowest BCUT2D eigenvalue weighted by atomic mass is 9.97. The van der Waals surface area contributed by atoms with Crippen molar-refractivity contribution >= 4 is 28.4 Å². The summed E-state index contributed by atoms with van der Waals surface area (Å²) in [4.78, 5) is 16.1. The topological polar surface area (TPSA) is 67.2 Å². The summed E-state index contributed by atoms with van der Waals surface area (Å²) in [7, 11) is 0. The molecule has 2 N–H and O–H groups in total. The average Bonchev–Trinajstić information content (AvgIpc) is 3.54. The van der Waals surface area contributed by atoms with E-state index < -0.39 is 5.97 Å². The SMILES string of the molecule is O=C(O)c1cc(C2CC2)cnc1Nc1ccc2c(ccn2CCC2C=CC=CC2)c1. The molecule has 1 atom stereocenters.